The van der Waals surface area contributed by atoms with Crippen molar-refractivity contribution in [2.24, 2.45) is 0 Å². The van der Waals surface area contributed by atoms with Crippen LogP contribution in [0.4, 0.5) is 5.13 Å². The maximum atomic E-state index is 11.6. The van der Waals surface area contributed by atoms with Crippen LogP contribution in [0.5, 0.6) is 0 Å². The summed E-state index contributed by atoms with van der Waals surface area (Å²) in [5, 5.41) is 0.871. The van der Waals surface area contributed by atoms with Crippen LogP contribution < -0.4 is 4.90 Å². The summed E-state index contributed by atoms with van der Waals surface area (Å²) in [7, 11) is 1.39. The molecule has 2 rings (SSSR count). The van der Waals surface area contributed by atoms with Crippen LogP contribution in [0.25, 0.3) is 0 Å². The molecule has 106 valence electrons. The minimum Gasteiger partial charge on any atom is -0.465 e. The van der Waals surface area contributed by atoms with Crippen molar-refractivity contribution in [1.29, 1.82) is 0 Å². The van der Waals surface area contributed by atoms with Crippen LogP contribution in [-0.4, -0.2) is 43.9 Å². The summed E-state index contributed by atoms with van der Waals surface area (Å²) in [6.45, 7) is 6.47. The molecule has 0 aromatic carbocycles. The van der Waals surface area contributed by atoms with Gasteiger partial charge in [-0.3, -0.25) is 0 Å². The summed E-state index contributed by atoms with van der Waals surface area (Å²) >= 11 is 1.39. The molecule has 19 heavy (non-hydrogen) atoms. The molecular weight excluding hydrogens is 264 g/mol. The van der Waals surface area contributed by atoms with Gasteiger partial charge >= 0.3 is 5.97 Å². The number of esters is 1. The van der Waals surface area contributed by atoms with Crippen molar-refractivity contribution in [1.82, 2.24) is 4.98 Å². The molecule has 1 aromatic rings. The average molecular weight is 284 g/mol. The van der Waals surface area contributed by atoms with Gasteiger partial charge in [-0.05, 0) is 26.7 Å². The summed E-state index contributed by atoms with van der Waals surface area (Å²) in [6, 6.07) is 0. The van der Waals surface area contributed by atoms with Gasteiger partial charge in [-0.25, -0.2) is 9.78 Å². The lowest BCUT2D eigenvalue weighted by Crippen LogP contribution is -2.31. The van der Waals surface area contributed by atoms with Gasteiger partial charge in [0.1, 0.15) is 4.88 Å². The smallest absolute Gasteiger partial charge is 0.350 e. The van der Waals surface area contributed by atoms with Gasteiger partial charge in [0, 0.05) is 19.7 Å². The Morgan fingerprint density at radius 1 is 1.63 bits per heavy atom. The first-order valence-corrected chi connectivity index (χ1v) is 7.39. The van der Waals surface area contributed by atoms with Crippen molar-refractivity contribution >= 4 is 22.4 Å². The Balaban J connectivity index is 2.11. The monoisotopic (exact) mass is 284 g/mol. The molecule has 0 N–H and O–H groups in total. The predicted octanol–water partition coefficient (Wildman–Crippen LogP) is 2.24. The van der Waals surface area contributed by atoms with Crippen LogP contribution in [0.1, 0.15) is 35.1 Å². The van der Waals surface area contributed by atoms with Gasteiger partial charge in [0.2, 0.25) is 0 Å². The van der Waals surface area contributed by atoms with Crippen LogP contribution in [0.3, 0.4) is 0 Å². The number of anilines is 1. The lowest BCUT2D eigenvalue weighted by atomic mass is 10.2. The Morgan fingerprint density at radius 2 is 2.42 bits per heavy atom. The lowest BCUT2D eigenvalue weighted by Gasteiger charge is -2.23. The Morgan fingerprint density at radius 3 is 3.00 bits per heavy atom. The van der Waals surface area contributed by atoms with Crippen molar-refractivity contribution in [2.75, 3.05) is 31.7 Å². The van der Waals surface area contributed by atoms with E-state index >= 15 is 0 Å². The molecule has 1 fully saturated rings. The molecule has 1 aromatic heterocycles. The standard InChI is InChI=1S/C13H20N2O3S/c1-4-15(8-10-6-5-7-18-10)13-14-9(2)11(19-13)12(16)17-3/h10H,4-8H2,1-3H3. The Bertz CT molecular complexity index is 441. The zero-order chi connectivity index (χ0) is 13.8. The summed E-state index contributed by atoms with van der Waals surface area (Å²) in [5.41, 5.74) is 0.734. The summed E-state index contributed by atoms with van der Waals surface area (Å²) in [6.07, 6.45) is 2.52. The van der Waals surface area contributed by atoms with E-state index in [9.17, 15) is 4.79 Å². The average Bonchev–Trinajstić information content (AvgIpc) is 3.04. The Kier molecular flexibility index (Phi) is 4.76. The number of aromatic nitrogens is 1. The van der Waals surface area contributed by atoms with E-state index in [1.54, 1.807) is 0 Å². The fourth-order valence-electron chi connectivity index (χ4n) is 2.18. The Labute approximate surface area is 117 Å². The first-order chi connectivity index (χ1) is 9.15. The van der Waals surface area contributed by atoms with Gasteiger partial charge in [-0.15, -0.1) is 0 Å². The first kappa shape index (κ1) is 14.3. The van der Waals surface area contributed by atoms with Crippen LogP contribution in [-0.2, 0) is 9.47 Å². The second kappa shape index (κ2) is 6.34. The van der Waals surface area contributed by atoms with Crippen LogP contribution in [0, 0.1) is 6.92 Å². The Hall–Kier alpha value is -1.14. The number of carbonyl (C=O) groups is 1. The van der Waals surface area contributed by atoms with Gasteiger partial charge in [0.25, 0.3) is 0 Å². The summed E-state index contributed by atoms with van der Waals surface area (Å²) < 4.78 is 10.4. The topological polar surface area (TPSA) is 51.7 Å². The molecule has 6 heteroatoms. The highest BCUT2D eigenvalue weighted by Gasteiger charge is 2.23. The third-order valence-electron chi connectivity index (χ3n) is 3.26. The van der Waals surface area contributed by atoms with E-state index in [4.69, 9.17) is 9.47 Å². The molecule has 1 atom stereocenters. The normalized spacial score (nSPS) is 18.6. The van der Waals surface area contributed by atoms with Gasteiger partial charge in [0.15, 0.2) is 5.13 Å². The molecule has 5 nitrogen and oxygen atoms in total. The number of rotatable bonds is 5. The minimum absolute atomic E-state index is 0.283. The zero-order valence-electron chi connectivity index (χ0n) is 11.6. The number of aryl methyl sites for hydroxylation is 1. The van der Waals surface area contributed by atoms with Gasteiger partial charge in [0.05, 0.1) is 18.9 Å². The third kappa shape index (κ3) is 3.25. The second-order valence-corrected chi connectivity index (χ2v) is 5.55. The fraction of sp³-hybridized carbons (Fsp3) is 0.692. The molecule has 0 saturated carbocycles. The van der Waals surface area contributed by atoms with Crippen molar-refractivity contribution < 1.29 is 14.3 Å². The van der Waals surface area contributed by atoms with E-state index in [1.807, 2.05) is 6.92 Å². The third-order valence-corrected chi connectivity index (χ3v) is 4.45. The number of carbonyl (C=O) groups excluding carboxylic acids is 1. The van der Waals surface area contributed by atoms with Crippen molar-refractivity contribution in [2.45, 2.75) is 32.8 Å². The molecule has 1 aliphatic rings. The second-order valence-electron chi connectivity index (χ2n) is 4.58. The number of likely N-dealkylation sites (N-methyl/N-ethyl adjacent to an activating group) is 1. The van der Waals surface area contributed by atoms with Gasteiger partial charge < -0.3 is 14.4 Å². The number of thiazole rings is 1. The van der Waals surface area contributed by atoms with Crippen molar-refractivity contribution in [3.63, 3.8) is 0 Å². The lowest BCUT2D eigenvalue weighted by molar-refractivity contribution is 0.0605. The SMILES string of the molecule is CCN(CC1CCCO1)c1nc(C)c(C(=O)OC)s1. The van der Waals surface area contributed by atoms with E-state index in [1.165, 1.54) is 18.4 Å². The van der Waals surface area contributed by atoms with Gasteiger partial charge in [-0.2, -0.15) is 0 Å². The number of hydrogen-bond acceptors (Lipinski definition) is 6. The molecule has 0 aliphatic carbocycles. The number of hydrogen-bond donors (Lipinski definition) is 0. The van der Waals surface area contributed by atoms with E-state index in [0.29, 0.717) is 4.88 Å². The number of ether oxygens (including phenoxy) is 2. The maximum absolute atomic E-state index is 11.6. The van der Waals surface area contributed by atoms with Crippen molar-refractivity contribution in [3.8, 4) is 0 Å². The molecule has 2 heterocycles. The van der Waals surface area contributed by atoms with Crippen LogP contribution >= 0.6 is 11.3 Å². The zero-order valence-corrected chi connectivity index (χ0v) is 12.5. The predicted molar refractivity (Wildman–Crippen MR) is 75.1 cm³/mol. The van der Waals surface area contributed by atoms with Gasteiger partial charge in [-0.1, -0.05) is 11.3 Å². The highest BCUT2D eigenvalue weighted by atomic mass is 32.1. The molecule has 0 spiro atoms. The minimum atomic E-state index is -0.311. The van der Waals surface area contributed by atoms with E-state index in [2.05, 4.69) is 16.8 Å². The molecule has 0 radical (unpaired) electrons. The number of methoxy groups -OCH3 is 1. The van der Waals surface area contributed by atoms with Crippen LogP contribution in [0.15, 0.2) is 0 Å². The van der Waals surface area contributed by atoms with E-state index in [-0.39, 0.29) is 12.1 Å². The highest BCUT2D eigenvalue weighted by Crippen LogP contribution is 2.27. The summed E-state index contributed by atoms with van der Waals surface area (Å²) in [4.78, 5) is 18.8. The van der Waals surface area contributed by atoms with E-state index < -0.39 is 0 Å². The fourth-order valence-corrected chi connectivity index (χ4v) is 3.23. The summed E-state index contributed by atoms with van der Waals surface area (Å²) in [5.74, 6) is -0.311. The van der Waals surface area contributed by atoms with E-state index in [0.717, 1.165) is 43.4 Å². The van der Waals surface area contributed by atoms with Crippen molar-refractivity contribution in [3.05, 3.63) is 10.6 Å². The molecular formula is C13H20N2O3S. The largest absolute Gasteiger partial charge is 0.465 e. The van der Waals surface area contributed by atoms with Crippen LogP contribution in [0.2, 0.25) is 0 Å². The highest BCUT2D eigenvalue weighted by molar-refractivity contribution is 7.17. The molecule has 0 bridgehead atoms. The molecule has 1 aliphatic heterocycles. The number of nitrogens with zero attached hydrogens (tertiary/aromatic N) is 2. The molecule has 1 unspecified atom stereocenters. The first-order valence-electron chi connectivity index (χ1n) is 6.58. The molecule has 1 saturated heterocycles. The molecule has 0 amide bonds. The maximum Gasteiger partial charge on any atom is 0.350 e. The quantitative estimate of drug-likeness (QED) is 0.776.